The quantitative estimate of drug-likeness (QED) is 0.300. The van der Waals surface area contributed by atoms with E-state index in [2.05, 4.69) is 17.9 Å². The number of carbonyl (C=O) groups is 1. The van der Waals surface area contributed by atoms with Gasteiger partial charge in [0.05, 0.1) is 24.8 Å². The van der Waals surface area contributed by atoms with Crippen molar-refractivity contribution in [2.24, 2.45) is 0 Å². The molecule has 6 nitrogen and oxygen atoms in total. The lowest BCUT2D eigenvalue weighted by atomic mass is 10.3. The number of rotatable bonds is 9. The van der Waals surface area contributed by atoms with Crippen molar-refractivity contribution in [2.45, 2.75) is 20.8 Å². The number of carbonyl (C=O) groups excluding carboxylic acids is 1. The van der Waals surface area contributed by atoms with Gasteiger partial charge in [-0.15, -0.1) is 12.6 Å². The van der Waals surface area contributed by atoms with Crippen LogP contribution in [0, 0.1) is 0 Å². The van der Waals surface area contributed by atoms with E-state index in [1.807, 2.05) is 18.2 Å². The molecule has 0 aliphatic heterocycles. The fourth-order valence-electron chi connectivity index (χ4n) is 1.76. The first-order chi connectivity index (χ1) is 11.0. The lowest BCUT2D eigenvalue weighted by Gasteiger charge is -2.21. The van der Waals surface area contributed by atoms with Crippen molar-refractivity contribution in [3.05, 3.63) is 40.7 Å². The van der Waals surface area contributed by atoms with Gasteiger partial charge in [0.25, 0.3) is 0 Å². The summed E-state index contributed by atoms with van der Waals surface area (Å²) in [6.07, 6.45) is 0. The molecule has 0 unspecified atom stereocenters. The van der Waals surface area contributed by atoms with Crippen molar-refractivity contribution >= 4 is 31.9 Å². The Morgan fingerprint density at radius 3 is 2.13 bits per heavy atom. The van der Waals surface area contributed by atoms with Gasteiger partial charge in [0.1, 0.15) is 0 Å². The minimum atomic E-state index is -3.84. The van der Waals surface area contributed by atoms with Crippen LogP contribution in [-0.4, -0.2) is 25.8 Å². The third-order valence-electron chi connectivity index (χ3n) is 2.60. The minimum Gasteiger partial charge on any atom is -0.462 e. The highest BCUT2D eigenvalue weighted by Crippen LogP contribution is 2.57. The molecule has 0 aliphatic rings. The van der Waals surface area contributed by atoms with E-state index in [1.54, 1.807) is 32.9 Å². The van der Waals surface area contributed by atoms with E-state index in [0.717, 1.165) is 0 Å². The molecule has 0 spiro atoms. The lowest BCUT2D eigenvalue weighted by Crippen LogP contribution is -2.15. The van der Waals surface area contributed by atoms with Crippen LogP contribution < -0.4 is 5.32 Å². The number of esters is 1. The Morgan fingerprint density at radius 1 is 1.09 bits per heavy atom. The average molecular weight is 359 g/mol. The maximum Gasteiger partial charge on any atom is 0.371 e. The Morgan fingerprint density at radius 2 is 1.65 bits per heavy atom. The number of hydrogen-bond donors (Lipinski definition) is 2. The fourth-order valence-corrected chi connectivity index (χ4v) is 3.97. The normalized spacial score (nSPS) is 12.5. The van der Waals surface area contributed by atoms with E-state index in [9.17, 15) is 9.36 Å². The lowest BCUT2D eigenvalue weighted by molar-refractivity contribution is -0.137. The van der Waals surface area contributed by atoms with Crippen LogP contribution in [0.25, 0.3) is 0 Å². The highest BCUT2D eigenvalue weighted by atomic mass is 32.1. The van der Waals surface area contributed by atoms with E-state index in [4.69, 9.17) is 13.8 Å². The number of anilines is 1. The first-order valence-corrected chi connectivity index (χ1v) is 9.29. The minimum absolute atomic E-state index is 0.0693. The molecular formula is C15H22NO5PS. The zero-order valence-corrected chi connectivity index (χ0v) is 15.2. The summed E-state index contributed by atoms with van der Waals surface area (Å²) >= 11 is 4.28. The molecule has 0 saturated heterocycles. The number of para-hydroxylation sites is 1. The van der Waals surface area contributed by atoms with Crippen molar-refractivity contribution in [3.8, 4) is 0 Å². The Labute approximate surface area is 142 Å². The smallest absolute Gasteiger partial charge is 0.371 e. The molecule has 0 fully saturated rings. The SMILES string of the molecule is CCOC(=O)/C(=C(/S)Nc1ccccc1)P(=O)(OCC)OCC. The molecule has 0 aromatic heterocycles. The second-order valence-electron chi connectivity index (χ2n) is 4.24. The van der Waals surface area contributed by atoms with Gasteiger partial charge in [-0.3, -0.25) is 4.57 Å². The molecular weight excluding hydrogens is 337 g/mol. The van der Waals surface area contributed by atoms with Crippen LogP contribution in [0.3, 0.4) is 0 Å². The zero-order chi connectivity index (χ0) is 17.3. The summed E-state index contributed by atoms with van der Waals surface area (Å²) in [4.78, 5) is 12.3. The number of hydrogen-bond acceptors (Lipinski definition) is 7. The Hall–Kier alpha value is -1.27. The average Bonchev–Trinajstić information content (AvgIpc) is 2.49. The zero-order valence-electron chi connectivity index (χ0n) is 13.4. The molecule has 0 aliphatic carbocycles. The second kappa shape index (κ2) is 9.78. The van der Waals surface area contributed by atoms with Gasteiger partial charge >= 0.3 is 13.6 Å². The van der Waals surface area contributed by atoms with Crippen LogP contribution in [0.5, 0.6) is 0 Å². The van der Waals surface area contributed by atoms with Gasteiger partial charge < -0.3 is 19.1 Å². The molecule has 0 amide bonds. The molecule has 1 aromatic carbocycles. The molecule has 1 aromatic rings. The summed E-state index contributed by atoms with van der Waals surface area (Å²) in [6.45, 7) is 5.35. The van der Waals surface area contributed by atoms with E-state index >= 15 is 0 Å². The second-order valence-corrected chi connectivity index (χ2v) is 6.65. The molecule has 0 heterocycles. The molecule has 23 heavy (non-hydrogen) atoms. The number of ether oxygens (including phenoxy) is 1. The number of benzene rings is 1. The predicted molar refractivity (Wildman–Crippen MR) is 93.6 cm³/mol. The van der Waals surface area contributed by atoms with Crippen LogP contribution in [0.2, 0.25) is 0 Å². The fraction of sp³-hybridized carbons (Fsp3) is 0.400. The summed E-state index contributed by atoms with van der Waals surface area (Å²) in [6, 6.07) is 9.05. The van der Waals surface area contributed by atoms with Gasteiger partial charge in [-0.05, 0) is 32.9 Å². The van der Waals surface area contributed by atoms with Crippen molar-refractivity contribution in [3.63, 3.8) is 0 Å². The van der Waals surface area contributed by atoms with Crippen LogP contribution in [0.15, 0.2) is 40.7 Å². The first-order valence-electron chi connectivity index (χ1n) is 7.30. The van der Waals surface area contributed by atoms with Gasteiger partial charge in [-0.25, -0.2) is 4.79 Å². The van der Waals surface area contributed by atoms with Crippen LogP contribution in [0.1, 0.15) is 20.8 Å². The first kappa shape index (κ1) is 19.8. The molecule has 0 saturated carbocycles. The van der Waals surface area contributed by atoms with Crippen molar-refractivity contribution in [2.75, 3.05) is 25.1 Å². The molecule has 0 radical (unpaired) electrons. The van der Waals surface area contributed by atoms with Gasteiger partial charge in [-0.1, -0.05) is 18.2 Å². The third kappa shape index (κ3) is 5.70. The van der Waals surface area contributed by atoms with Gasteiger partial charge in [0, 0.05) is 5.69 Å². The highest BCUT2D eigenvalue weighted by Gasteiger charge is 2.38. The summed E-state index contributed by atoms with van der Waals surface area (Å²) < 4.78 is 28.4. The van der Waals surface area contributed by atoms with E-state index in [-0.39, 0.29) is 30.2 Å². The topological polar surface area (TPSA) is 73.9 Å². The molecule has 8 heteroatoms. The van der Waals surface area contributed by atoms with E-state index in [1.165, 1.54) is 0 Å². The van der Waals surface area contributed by atoms with Crippen LogP contribution in [-0.2, 0) is 23.1 Å². The summed E-state index contributed by atoms with van der Waals surface area (Å²) in [7, 11) is -3.84. The molecule has 128 valence electrons. The Kier molecular flexibility index (Phi) is 8.41. The van der Waals surface area contributed by atoms with Crippen molar-refractivity contribution in [1.82, 2.24) is 0 Å². The molecule has 1 N–H and O–H groups in total. The van der Waals surface area contributed by atoms with Crippen LogP contribution >= 0.6 is 20.2 Å². The van der Waals surface area contributed by atoms with E-state index < -0.39 is 13.6 Å². The molecule has 0 bridgehead atoms. The third-order valence-corrected chi connectivity index (χ3v) is 5.26. The van der Waals surface area contributed by atoms with E-state index in [0.29, 0.717) is 5.69 Å². The van der Waals surface area contributed by atoms with Crippen molar-refractivity contribution in [1.29, 1.82) is 0 Å². The molecule has 0 atom stereocenters. The number of nitrogens with one attached hydrogen (secondary N) is 1. The van der Waals surface area contributed by atoms with Crippen molar-refractivity contribution < 1.29 is 23.1 Å². The largest absolute Gasteiger partial charge is 0.462 e. The summed E-state index contributed by atoms with van der Waals surface area (Å²) in [5.74, 6) is -0.786. The van der Waals surface area contributed by atoms with Gasteiger partial charge in [0.2, 0.25) is 0 Å². The maximum absolute atomic E-state index is 13.0. The standard InChI is InChI=1S/C15H22NO5PS/c1-4-19-15(17)13(22(18,20-5-2)21-6-3)14(23)16-12-10-8-7-9-11-12/h7-11,16,23H,4-6H2,1-3H3/b14-13-. The number of thiol groups is 1. The van der Waals surface area contributed by atoms with Crippen LogP contribution in [0.4, 0.5) is 5.69 Å². The maximum atomic E-state index is 13.0. The summed E-state index contributed by atoms with van der Waals surface area (Å²) in [5.41, 5.74) is 0.679. The van der Waals surface area contributed by atoms with Gasteiger partial charge in [-0.2, -0.15) is 0 Å². The predicted octanol–water partition coefficient (Wildman–Crippen LogP) is 4.03. The monoisotopic (exact) mass is 359 g/mol. The van der Waals surface area contributed by atoms with Gasteiger partial charge in [0.15, 0.2) is 5.31 Å². The Balaban J connectivity index is 3.29. The summed E-state index contributed by atoms with van der Waals surface area (Å²) in [5, 5.41) is 2.74. The molecule has 1 rings (SSSR count). The highest BCUT2D eigenvalue weighted by molar-refractivity contribution is 7.85. The Bertz CT molecular complexity index is 581.